The van der Waals surface area contributed by atoms with Crippen LogP contribution < -0.4 is 10.9 Å². The average molecular weight is 416 g/mol. The molecule has 154 valence electrons. The topological polar surface area (TPSA) is 95.6 Å². The van der Waals surface area contributed by atoms with Gasteiger partial charge in [0.2, 0.25) is 10.0 Å². The first-order chi connectivity index (χ1) is 13.8. The standard InChI is InChI=1S/C21H25N3O4S/c1-15-12-16(2)14-24(13-15)29(27,28)19-10-8-18(9-11-19)21(26)23-22-20(25)17-6-4-3-5-7-17/h3-11,15-16H,12-14H2,1-2H3,(H,22,25)(H,23,26)/t15-,16+. The largest absolute Gasteiger partial charge is 0.269 e. The Morgan fingerprint density at radius 1 is 0.828 bits per heavy atom. The van der Waals surface area contributed by atoms with Gasteiger partial charge < -0.3 is 0 Å². The summed E-state index contributed by atoms with van der Waals surface area (Å²) in [6.07, 6.45) is 1.01. The lowest BCUT2D eigenvalue weighted by molar-refractivity contribution is 0.0846. The molecule has 1 aliphatic rings. The van der Waals surface area contributed by atoms with E-state index in [1.54, 1.807) is 30.3 Å². The van der Waals surface area contributed by atoms with Gasteiger partial charge in [0.15, 0.2) is 0 Å². The van der Waals surface area contributed by atoms with E-state index in [1.807, 2.05) is 0 Å². The second-order valence-electron chi connectivity index (χ2n) is 7.57. The number of hydrazine groups is 1. The molecule has 7 nitrogen and oxygen atoms in total. The Morgan fingerprint density at radius 2 is 1.31 bits per heavy atom. The molecule has 8 heteroatoms. The summed E-state index contributed by atoms with van der Waals surface area (Å²) in [5.74, 6) is -0.344. The fourth-order valence-corrected chi connectivity index (χ4v) is 5.26. The van der Waals surface area contributed by atoms with Gasteiger partial charge in [0, 0.05) is 24.2 Å². The SMILES string of the molecule is C[C@@H]1C[C@H](C)CN(S(=O)(=O)c2ccc(C(=O)NNC(=O)c3ccccc3)cc2)C1. The van der Waals surface area contributed by atoms with Gasteiger partial charge >= 0.3 is 0 Å². The highest BCUT2D eigenvalue weighted by molar-refractivity contribution is 7.89. The number of carbonyl (C=O) groups excluding carboxylic acids is 2. The molecule has 0 aromatic heterocycles. The van der Waals surface area contributed by atoms with Gasteiger partial charge in [0.25, 0.3) is 11.8 Å². The van der Waals surface area contributed by atoms with E-state index >= 15 is 0 Å². The molecule has 2 aromatic rings. The molecule has 0 spiro atoms. The summed E-state index contributed by atoms with van der Waals surface area (Å²) in [4.78, 5) is 24.4. The van der Waals surface area contributed by atoms with Crippen molar-refractivity contribution in [2.75, 3.05) is 13.1 Å². The Morgan fingerprint density at radius 3 is 1.83 bits per heavy atom. The first-order valence-corrected chi connectivity index (χ1v) is 11.0. The molecule has 0 unspecified atom stereocenters. The molecule has 1 heterocycles. The monoisotopic (exact) mass is 415 g/mol. The van der Waals surface area contributed by atoms with E-state index in [0.29, 0.717) is 30.5 Å². The molecule has 2 aromatic carbocycles. The zero-order chi connectivity index (χ0) is 21.0. The number of carbonyl (C=O) groups is 2. The minimum Gasteiger partial charge on any atom is -0.267 e. The third-order valence-electron chi connectivity index (χ3n) is 4.92. The Kier molecular flexibility index (Phi) is 6.34. The minimum absolute atomic E-state index is 0.156. The summed E-state index contributed by atoms with van der Waals surface area (Å²) in [5, 5.41) is 0. The molecule has 0 saturated carbocycles. The maximum Gasteiger partial charge on any atom is 0.269 e. The van der Waals surface area contributed by atoms with Crippen LogP contribution in [-0.2, 0) is 10.0 Å². The van der Waals surface area contributed by atoms with Gasteiger partial charge in [-0.1, -0.05) is 32.0 Å². The average Bonchev–Trinajstić information content (AvgIpc) is 2.71. The third-order valence-corrected chi connectivity index (χ3v) is 6.76. The summed E-state index contributed by atoms with van der Waals surface area (Å²) < 4.78 is 27.3. The minimum atomic E-state index is -3.60. The van der Waals surface area contributed by atoms with Crippen molar-refractivity contribution in [1.29, 1.82) is 0 Å². The summed E-state index contributed by atoms with van der Waals surface area (Å²) in [6, 6.07) is 14.2. The zero-order valence-electron chi connectivity index (χ0n) is 16.5. The van der Waals surface area contributed by atoms with E-state index < -0.39 is 21.8 Å². The maximum atomic E-state index is 12.9. The molecule has 0 radical (unpaired) electrons. The number of rotatable bonds is 4. The number of piperidine rings is 1. The van der Waals surface area contributed by atoms with Crippen LogP contribution >= 0.6 is 0 Å². The van der Waals surface area contributed by atoms with Crippen LogP contribution in [0.5, 0.6) is 0 Å². The quantitative estimate of drug-likeness (QED) is 0.750. The van der Waals surface area contributed by atoms with E-state index in [1.165, 1.54) is 28.6 Å². The highest BCUT2D eigenvalue weighted by Crippen LogP contribution is 2.26. The molecule has 1 saturated heterocycles. The number of hydrogen-bond donors (Lipinski definition) is 2. The van der Waals surface area contributed by atoms with Crippen LogP contribution in [0.15, 0.2) is 59.5 Å². The number of nitrogens with one attached hydrogen (secondary N) is 2. The van der Waals surface area contributed by atoms with Crippen molar-refractivity contribution in [3.63, 3.8) is 0 Å². The number of benzene rings is 2. The van der Waals surface area contributed by atoms with Crippen LogP contribution in [0, 0.1) is 11.8 Å². The number of amides is 2. The Balaban J connectivity index is 1.64. The Hall–Kier alpha value is -2.71. The van der Waals surface area contributed by atoms with Crippen molar-refractivity contribution in [2.24, 2.45) is 11.8 Å². The van der Waals surface area contributed by atoms with Crippen molar-refractivity contribution in [2.45, 2.75) is 25.2 Å². The lowest BCUT2D eigenvalue weighted by Gasteiger charge is -2.34. The molecule has 3 rings (SSSR count). The van der Waals surface area contributed by atoms with E-state index in [-0.39, 0.29) is 10.5 Å². The number of nitrogens with zero attached hydrogens (tertiary/aromatic N) is 1. The van der Waals surface area contributed by atoms with Crippen molar-refractivity contribution < 1.29 is 18.0 Å². The first kappa shape index (κ1) is 21.0. The molecule has 29 heavy (non-hydrogen) atoms. The van der Waals surface area contributed by atoms with Gasteiger partial charge in [-0.05, 0) is 54.7 Å². The second kappa shape index (κ2) is 8.75. The Bertz CT molecular complexity index is 965. The first-order valence-electron chi connectivity index (χ1n) is 9.53. The summed E-state index contributed by atoms with van der Waals surface area (Å²) in [6.45, 7) is 5.10. The molecule has 2 amide bonds. The third kappa shape index (κ3) is 5.02. The van der Waals surface area contributed by atoms with Crippen molar-refractivity contribution >= 4 is 21.8 Å². The van der Waals surface area contributed by atoms with Gasteiger partial charge in [0.05, 0.1) is 4.90 Å². The van der Waals surface area contributed by atoms with Gasteiger partial charge in [0.1, 0.15) is 0 Å². The molecule has 1 fully saturated rings. The van der Waals surface area contributed by atoms with Crippen molar-refractivity contribution in [3.8, 4) is 0 Å². The normalized spacial score (nSPS) is 20.1. The molecule has 0 aliphatic carbocycles. The molecule has 0 bridgehead atoms. The maximum absolute atomic E-state index is 12.9. The van der Waals surface area contributed by atoms with E-state index in [9.17, 15) is 18.0 Å². The Labute approximate surface area is 171 Å². The van der Waals surface area contributed by atoms with Gasteiger partial charge in [-0.2, -0.15) is 4.31 Å². The van der Waals surface area contributed by atoms with Crippen LogP contribution in [0.25, 0.3) is 0 Å². The van der Waals surface area contributed by atoms with E-state index in [4.69, 9.17) is 0 Å². The number of hydrogen-bond acceptors (Lipinski definition) is 4. The lowest BCUT2D eigenvalue weighted by Crippen LogP contribution is -2.42. The van der Waals surface area contributed by atoms with Crippen LogP contribution in [0.2, 0.25) is 0 Å². The van der Waals surface area contributed by atoms with Gasteiger partial charge in [-0.25, -0.2) is 8.42 Å². The summed E-state index contributed by atoms with van der Waals surface area (Å²) >= 11 is 0. The molecule has 1 aliphatic heterocycles. The van der Waals surface area contributed by atoms with Crippen molar-refractivity contribution in [1.82, 2.24) is 15.2 Å². The summed E-state index contributed by atoms with van der Waals surface area (Å²) in [5.41, 5.74) is 5.33. The second-order valence-corrected chi connectivity index (χ2v) is 9.50. The fraction of sp³-hybridized carbons (Fsp3) is 0.333. The van der Waals surface area contributed by atoms with Crippen molar-refractivity contribution in [3.05, 3.63) is 65.7 Å². The van der Waals surface area contributed by atoms with Gasteiger partial charge in [-0.3, -0.25) is 20.4 Å². The van der Waals surface area contributed by atoms with E-state index in [2.05, 4.69) is 24.7 Å². The fourth-order valence-electron chi connectivity index (χ4n) is 3.58. The molecule has 2 N–H and O–H groups in total. The predicted molar refractivity (Wildman–Crippen MR) is 110 cm³/mol. The van der Waals surface area contributed by atoms with E-state index in [0.717, 1.165) is 6.42 Å². The smallest absolute Gasteiger partial charge is 0.267 e. The van der Waals surface area contributed by atoms with Crippen LogP contribution in [0.4, 0.5) is 0 Å². The van der Waals surface area contributed by atoms with Gasteiger partial charge in [-0.15, -0.1) is 0 Å². The van der Waals surface area contributed by atoms with Crippen LogP contribution in [-0.4, -0.2) is 37.6 Å². The highest BCUT2D eigenvalue weighted by atomic mass is 32.2. The summed E-state index contributed by atoms with van der Waals surface area (Å²) in [7, 11) is -3.60. The number of sulfonamides is 1. The zero-order valence-corrected chi connectivity index (χ0v) is 17.3. The highest BCUT2D eigenvalue weighted by Gasteiger charge is 2.31. The molecular weight excluding hydrogens is 390 g/mol. The lowest BCUT2D eigenvalue weighted by atomic mass is 9.94. The van der Waals surface area contributed by atoms with Crippen LogP contribution in [0.3, 0.4) is 0 Å². The molecular formula is C21H25N3O4S. The molecule has 2 atom stereocenters. The van der Waals surface area contributed by atoms with Crippen LogP contribution in [0.1, 0.15) is 41.0 Å². The predicted octanol–water partition coefficient (Wildman–Crippen LogP) is 2.43.